The zero-order valence-corrected chi connectivity index (χ0v) is 6.40. The topological polar surface area (TPSA) is 43.0 Å². The molecule has 0 saturated carbocycles. The molecular weight excluding hydrogens is 142 g/mol. The van der Waals surface area contributed by atoms with Gasteiger partial charge in [-0.25, -0.2) is 0 Å². The van der Waals surface area contributed by atoms with E-state index >= 15 is 0 Å². The van der Waals surface area contributed by atoms with Crippen LogP contribution in [-0.4, -0.2) is 10.1 Å². The molecular formula is C7H8N3O+. The molecule has 0 amide bonds. The van der Waals surface area contributed by atoms with Crippen molar-refractivity contribution in [2.75, 3.05) is 0 Å². The van der Waals surface area contributed by atoms with E-state index in [1.54, 1.807) is 4.52 Å². The van der Waals surface area contributed by atoms with E-state index in [9.17, 15) is 0 Å². The minimum atomic E-state index is 0.544. The molecule has 2 aromatic rings. The van der Waals surface area contributed by atoms with Gasteiger partial charge in [-0.05, 0) is 10.1 Å². The lowest BCUT2D eigenvalue weighted by Crippen LogP contribution is -2.27. The van der Waals surface area contributed by atoms with E-state index in [1.165, 1.54) is 6.39 Å². The van der Waals surface area contributed by atoms with Crippen LogP contribution in [0.25, 0.3) is 5.84 Å². The smallest absolute Gasteiger partial charge is 0.371 e. The highest BCUT2D eigenvalue weighted by molar-refractivity contribution is 5.13. The van der Waals surface area contributed by atoms with Crippen LogP contribution in [0.5, 0.6) is 0 Å². The fraction of sp³-hybridized carbons (Fsp3) is 0.286. The molecule has 0 fully saturated rings. The highest BCUT2D eigenvalue weighted by Gasteiger charge is 2.12. The van der Waals surface area contributed by atoms with E-state index in [0.29, 0.717) is 5.84 Å². The summed E-state index contributed by atoms with van der Waals surface area (Å²) in [5.41, 5.74) is 1.97. The Hall–Kier alpha value is -1.45. The first-order chi connectivity index (χ1) is 5.27. The monoisotopic (exact) mass is 150 g/mol. The van der Waals surface area contributed by atoms with Crippen LogP contribution >= 0.6 is 0 Å². The maximum Gasteiger partial charge on any atom is 0.531 e. The third-order valence-electron chi connectivity index (χ3n) is 1.53. The summed E-state index contributed by atoms with van der Waals surface area (Å²) in [4.78, 5) is 4.13. The Morgan fingerprint density at radius 1 is 1.45 bits per heavy atom. The standard InChI is InChI=1S/C7H8N3O/c1-5-3-6(2)10-7(9-5)11-4-8-10/h3-4H,1-2H3/q+1. The van der Waals surface area contributed by atoms with Gasteiger partial charge in [-0.15, -0.1) is 0 Å². The molecule has 0 aromatic carbocycles. The minimum absolute atomic E-state index is 0.544. The number of hydrogen-bond acceptors (Lipinski definition) is 3. The van der Waals surface area contributed by atoms with Crippen molar-refractivity contribution in [2.24, 2.45) is 0 Å². The van der Waals surface area contributed by atoms with Gasteiger partial charge < -0.3 is 4.42 Å². The number of aryl methyl sites for hydroxylation is 2. The van der Waals surface area contributed by atoms with Gasteiger partial charge in [-0.1, -0.05) is 4.52 Å². The Balaban J connectivity index is 2.91. The molecule has 0 atom stereocenters. The summed E-state index contributed by atoms with van der Waals surface area (Å²) in [7, 11) is 0. The molecule has 4 heteroatoms. The summed E-state index contributed by atoms with van der Waals surface area (Å²) in [5, 5.41) is 3.95. The zero-order valence-electron chi connectivity index (χ0n) is 6.40. The molecule has 2 rings (SSSR count). The van der Waals surface area contributed by atoms with Gasteiger partial charge in [0.1, 0.15) is 5.69 Å². The summed E-state index contributed by atoms with van der Waals surface area (Å²) in [6.45, 7) is 3.89. The van der Waals surface area contributed by atoms with Crippen LogP contribution in [0.1, 0.15) is 11.4 Å². The fourth-order valence-corrected chi connectivity index (χ4v) is 1.08. The lowest BCUT2D eigenvalue weighted by Gasteiger charge is -1.85. The van der Waals surface area contributed by atoms with Gasteiger partial charge in [-0.3, -0.25) is 0 Å². The molecule has 11 heavy (non-hydrogen) atoms. The van der Waals surface area contributed by atoms with Gasteiger partial charge in [0.25, 0.3) is 0 Å². The SMILES string of the molecule is Cc1cc(C)[n+]2ncoc2n1. The second-order valence-electron chi connectivity index (χ2n) is 2.47. The van der Waals surface area contributed by atoms with Crippen molar-refractivity contribution in [1.29, 1.82) is 0 Å². The Morgan fingerprint density at radius 3 is 3.09 bits per heavy atom. The molecule has 0 aliphatic rings. The van der Waals surface area contributed by atoms with E-state index in [-0.39, 0.29) is 0 Å². The zero-order chi connectivity index (χ0) is 7.84. The first kappa shape index (κ1) is 6.27. The molecule has 56 valence electrons. The van der Waals surface area contributed by atoms with E-state index in [0.717, 1.165) is 11.4 Å². The number of fused-ring (bicyclic) bond motifs is 1. The third kappa shape index (κ3) is 0.869. The number of nitrogens with zero attached hydrogens (tertiary/aromatic N) is 3. The molecule has 2 heterocycles. The number of hydrogen-bond donors (Lipinski definition) is 0. The normalized spacial score (nSPS) is 10.7. The molecule has 0 saturated heterocycles. The van der Waals surface area contributed by atoms with Crippen molar-refractivity contribution < 1.29 is 8.93 Å². The molecule has 4 nitrogen and oxygen atoms in total. The fourth-order valence-electron chi connectivity index (χ4n) is 1.08. The van der Waals surface area contributed by atoms with Crippen LogP contribution in [0, 0.1) is 13.8 Å². The minimum Gasteiger partial charge on any atom is -0.371 e. The van der Waals surface area contributed by atoms with Crippen LogP contribution in [0.15, 0.2) is 16.9 Å². The average molecular weight is 150 g/mol. The van der Waals surface area contributed by atoms with E-state index in [4.69, 9.17) is 4.42 Å². The van der Waals surface area contributed by atoms with Gasteiger partial charge in [-0.2, -0.15) is 0 Å². The third-order valence-corrected chi connectivity index (χ3v) is 1.53. The molecule has 0 radical (unpaired) electrons. The summed E-state index contributed by atoms with van der Waals surface area (Å²) < 4.78 is 6.68. The quantitative estimate of drug-likeness (QED) is 0.511. The van der Waals surface area contributed by atoms with Crippen molar-refractivity contribution in [3.8, 4) is 0 Å². The van der Waals surface area contributed by atoms with Crippen molar-refractivity contribution in [3.63, 3.8) is 0 Å². The largest absolute Gasteiger partial charge is 0.531 e. The predicted molar refractivity (Wildman–Crippen MR) is 36.9 cm³/mol. The highest BCUT2D eigenvalue weighted by Crippen LogP contribution is 1.97. The van der Waals surface area contributed by atoms with Gasteiger partial charge in [0.2, 0.25) is 6.39 Å². The number of rotatable bonds is 0. The van der Waals surface area contributed by atoms with Gasteiger partial charge in [0, 0.05) is 19.9 Å². The Kier molecular flexibility index (Phi) is 1.15. The Bertz CT molecular complexity index is 393. The van der Waals surface area contributed by atoms with Crippen molar-refractivity contribution in [3.05, 3.63) is 23.8 Å². The second-order valence-corrected chi connectivity index (χ2v) is 2.47. The van der Waals surface area contributed by atoms with Crippen molar-refractivity contribution >= 4 is 5.84 Å². The van der Waals surface area contributed by atoms with Gasteiger partial charge >= 0.3 is 5.84 Å². The molecule has 0 aliphatic heterocycles. The summed E-state index contributed by atoms with van der Waals surface area (Å²) in [5.74, 6) is 0.544. The molecule has 0 spiro atoms. The molecule has 2 aromatic heterocycles. The highest BCUT2D eigenvalue weighted by atomic mass is 16.4. The lowest BCUT2D eigenvalue weighted by atomic mass is 10.4. The lowest BCUT2D eigenvalue weighted by molar-refractivity contribution is -0.589. The van der Waals surface area contributed by atoms with Gasteiger partial charge in [0.15, 0.2) is 5.69 Å². The molecule has 0 unspecified atom stereocenters. The first-order valence-electron chi connectivity index (χ1n) is 3.37. The van der Waals surface area contributed by atoms with Gasteiger partial charge in [0.05, 0.1) is 0 Å². The maximum atomic E-state index is 5.02. The van der Waals surface area contributed by atoms with Crippen LogP contribution in [-0.2, 0) is 0 Å². The van der Waals surface area contributed by atoms with Crippen LogP contribution in [0.3, 0.4) is 0 Å². The summed E-state index contributed by atoms with van der Waals surface area (Å²) in [6.07, 6.45) is 1.38. The Labute approximate surface area is 63.5 Å². The van der Waals surface area contributed by atoms with Crippen LogP contribution < -0.4 is 4.52 Å². The first-order valence-corrected chi connectivity index (χ1v) is 3.37. The summed E-state index contributed by atoms with van der Waals surface area (Å²) >= 11 is 0. The molecule has 0 bridgehead atoms. The average Bonchev–Trinajstić information content (AvgIpc) is 2.34. The van der Waals surface area contributed by atoms with Crippen molar-refractivity contribution in [1.82, 2.24) is 10.1 Å². The maximum absolute atomic E-state index is 5.02. The Morgan fingerprint density at radius 2 is 2.27 bits per heavy atom. The van der Waals surface area contributed by atoms with E-state index < -0.39 is 0 Å². The summed E-state index contributed by atoms with van der Waals surface area (Å²) in [6, 6.07) is 1.95. The van der Waals surface area contributed by atoms with Crippen molar-refractivity contribution in [2.45, 2.75) is 13.8 Å². The molecule has 0 N–H and O–H groups in total. The van der Waals surface area contributed by atoms with E-state index in [2.05, 4.69) is 10.1 Å². The number of aromatic nitrogens is 3. The predicted octanol–water partition coefficient (Wildman–Crippen LogP) is 0.425. The van der Waals surface area contributed by atoms with E-state index in [1.807, 2.05) is 19.9 Å². The van der Waals surface area contributed by atoms with Crippen LogP contribution in [0.2, 0.25) is 0 Å². The van der Waals surface area contributed by atoms with Crippen LogP contribution in [0.4, 0.5) is 0 Å². The second kappa shape index (κ2) is 2.02. The molecule has 0 aliphatic carbocycles.